The van der Waals surface area contributed by atoms with Gasteiger partial charge >= 0.3 is 0 Å². The molecule has 0 radical (unpaired) electrons. The van der Waals surface area contributed by atoms with E-state index in [1.807, 2.05) is 48.7 Å². The predicted octanol–water partition coefficient (Wildman–Crippen LogP) is 8.71. The molecule has 1 aliphatic rings. The van der Waals surface area contributed by atoms with Crippen LogP contribution in [-0.2, 0) is 17.9 Å². The molecule has 0 spiro atoms. The maximum atomic E-state index is 14.0. The molecule has 1 saturated carbocycles. The number of aryl methyl sites for hydroxylation is 2. The molecule has 2 N–H and O–H groups in total. The maximum Gasteiger partial charge on any atom is 0.252 e. The van der Waals surface area contributed by atoms with Gasteiger partial charge in [0.15, 0.2) is 0 Å². The minimum Gasteiger partial charge on any atom is -0.350 e. The summed E-state index contributed by atoms with van der Waals surface area (Å²) in [5, 5.41) is 6.17. The minimum atomic E-state index is -0.612. The van der Waals surface area contributed by atoms with Crippen molar-refractivity contribution >= 4 is 23.6 Å². The highest BCUT2D eigenvalue weighted by Gasteiger charge is 2.24. The number of carbonyl (C=O) groups excluding carboxylic acids is 2. The molecule has 0 bridgehead atoms. The number of nitrogens with one attached hydrogen (secondary N) is 2. The van der Waals surface area contributed by atoms with E-state index in [0.29, 0.717) is 18.5 Å². The summed E-state index contributed by atoms with van der Waals surface area (Å²) in [4.78, 5) is 30.0. The number of amides is 2. The third-order valence-corrected chi connectivity index (χ3v) is 10.0. The molecule has 5 nitrogen and oxygen atoms in total. The first-order chi connectivity index (χ1) is 22.4. The van der Waals surface area contributed by atoms with Crippen LogP contribution in [0.15, 0.2) is 66.7 Å². The summed E-state index contributed by atoms with van der Waals surface area (Å²) in [7, 11) is 0. The highest BCUT2D eigenvalue weighted by molar-refractivity contribution is 7.98. The summed E-state index contributed by atoms with van der Waals surface area (Å²) in [5.41, 5.74) is 7.18. The van der Waals surface area contributed by atoms with E-state index in [1.54, 1.807) is 11.8 Å². The van der Waals surface area contributed by atoms with Crippen LogP contribution in [0, 0.1) is 19.8 Å². The standard InChI is InChI=1S/C40H55N3O2S/c1-5-6-24-43(25-22-32-13-8-7-9-14-32)29-34-20-21-36(37(27-34)35-15-11-10-12-31(35)3)39(44)42-38(23-26-46-4)40(45)41-28-33-18-16-30(2)17-19-33/h10-12,15-21,27,32,38H,5-9,13-14,22-26,28-29H2,1-4H3,(H,41,45)(H,42,44)/t38-/m0/s1. The number of nitrogens with zero attached hydrogens (tertiary/aromatic N) is 1. The molecule has 1 fully saturated rings. The number of benzene rings is 3. The number of carbonyl (C=O) groups is 2. The molecule has 0 unspecified atom stereocenters. The molecule has 0 heterocycles. The molecule has 1 atom stereocenters. The van der Waals surface area contributed by atoms with Crippen LogP contribution < -0.4 is 10.6 Å². The van der Waals surface area contributed by atoms with E-state index in [9.17, 15) is 9.59 Å². The molecule has 3 aromatic rings. The topological polar surface area (TPSA) is 61.4 Å². The summed E-state index contributed by atoms with van der Waals surface area (Å²) in [6.07, 6.45) is 13.2. The van der Waals surface area contributed by atoms with E-state index in [1.165, 1.54) is 62.5 Å². The summed E-state index contributed by atoms with van der Waals surface area (Å²) in [6.45, 7) is 9.95. The summed E-state index contributed by atoms with van der Waals surface area (Å²) < 4.78 is 0. The smallest absolute Gasteiger partial charge is 0.252 e. The van der Waals surface area contributed by atoms with Crippen LogP contribution in [0.25, 0.3) is 11.1 Å². The highest BCUT2D eigenvalue weighted by atomic mass is 32.2. The van der Waals surface area contributed by atoms with Gasteiger partial charge in [0.1, 0.15) is 6.04 Å². The van der Waals surface area contributed by atoms with Crippen LogP contribution in [0.2, 0.25) is 0 Å². The van der Waals surface area contributed by atoms with Gasteiger partial charge in [0.2, 0.25) is 5.91 Å². The predicted molar refractivity (Wildman–Crippen MR) is 195 cm³/mol. The van der Waals surface area contributed by atoms with Crippen molar-refractivity contribution in [2.75, 3.05) is 25.1 Å². The third-order valence-electron chi connectivity index (χ3n) is 9.40. The molecular weight excluding hydrogens is 587 g/mol. The molecule has 6 heteroatoms. The fourth-order valence-corrected chi connectivity index (χ4v) is 6.97. The Morgan fingerprint density at radius 3 is 2.37 bits per heavy atom. The molecule has 1 aliphatic carbocycles. The number of hydrogen-bond acceptors (Lipinski definition) is 4. The Kier molecular flexibility index (Phi) is 14.7. The average Bonchev–Trinajstić information content (AvgIpc) is 3.08. The quantitative estimate of drug-likeness (QED) is 0.155. The first-order valence-corrected chi connectivity index (χ1v) is 18.8. The third kappa shape index (κ3) is 11.0. The monoisotopic (exact) mass is 641 g/mol. The number of rotatable bonds is 17. The van der Waals surface area contributed by atoms with Gasteiger partial charge in [0.05, 0.1) is 0 Å². The summed E-state index contributed by atoms with van der Waals surface area (Å²) in [5.74, 6) is 1.28. The fourth-order valence-electron chi connectivity index (χ4n) is 6.50. The Morgan fingerprint density at radius 2 is 1.65 bits per heavy atom. The van der Waals surface area contributed by atoms with Crippen LogP contribution in [0.1, 0.15) is 97.3 Å². The van der Waals surface area contributed by atoms with Gasteiger partial charge in [-0.1, -0.05) is 106 Å². The second kappa shape index (κ2) is 18.9. The Bertz CT molecular complexity index is 1380. The van der Waals surface area contributed by atoms with Crippen molar-refractivity contribution in [3.8, 4) is 11.1 Å². The number of unbranched alkanes of at least 4 members (excludes halogenated alkanes) is 1. The van der Waals surface area contributed by atoms with Crippen molar-refractivity contribution in [2.45, 2.75) is 97.7 Å². The van der Waals surface area contributed by atoms with Gasteiger partial charge in [-0.15, -0.1) is 0 Å². The van der Waals surface area contributed by atoms with Crippen molar-refractivity contribution in [3.05, 3.63) is 94.5 Å². The average molecular weight is 642 g/mol. The van der Waals surface area contributed by atoms with E-state index in [-0.39, 0.29) is 11.8 Å². The van der Waals surface area contributed by atoms with Crippen molar-refractivity contribution in [3.63, 3.8) is 0 Å². The Labute approximate surface area is 282 Å². The number of hydrogen-bond donors (Lipinski definition) is 2. The Hall–Kier alpha value is -3.09. The molecule has 248 valence electrons. The number of thioether (sulfide) groups is 1. The Balaban J connectivity index is 1.54. The highest BCUT2D eigenvalue weighted by Crippen LogP contribution is 2.30. The van der Waals surface area contributed by atoms with Crippen molar-refractivity contribution < 1.29 is 9.59 Å². The fraction of sp³-hybridized carbons (Fsp3) is 0.500. The molecule has 0 saturated heterocycles. The van der Waals surface area contributed by atoms with E-state index in [4.69, 9.17) is 0 Å². The van der Waals surface area contributed by atoms with Crippen LogP contribution in [-0.4, -0.2) is 47.9 Å². The van der Waals surface area contributed by atoms with Crippen molar-refractivity contribution in [1.82, 2.24) is 15.5 Å². The molecule has 46 heavy (non-hydrogen) atoms. The largest absolute Gasteiger partial charge is 0.350 e. The van der Waals surface area contributed by atoms with Gasteiger partial charge in [0.25, 0.3) is 5.91 Å². The molecule has 3 aromatic carbocycles. The van der Waals surface area contributed by atoms with Gasteiger partial charge in [-0.25, -0.2) is 0 Å². The van der Waals surface area contributed by atoms with E-state index in [2.05, 4.69) is 60.6 Å². The zero-order valence-corrected chi connectivity index (χ0v) is 29.4. The van der Waals surface area contributed by atoms with E-state index in [0.717, 1.165) is 53.6 Å². The lowest BCUT2D eigenvalue weighted by molar-refractivity contribution is -0.123. The molecule has 0 aliphatic heterocycles. The minimum absolute atomic E-state index is 0.151. The second-order valence-corrected chi connectivity index (χ2v) is 14.1. The van der Waals surface area contributed by atoms with Gasteiger partial charge in [-0.3, -0.25) is 14.5 Å². The zero-order valence-electron chi connectivity index (χ0n) is 28.6. The maximum absolute atomic E-state index is 14.0. The van der Waals surface area contributed by atoms with Crippen LogP contribution >= 0.6 is 11.8 Å². The van der Waals surface area contributed by atoms with Crippen molar-refractivity contribution in [1.29, 1.82) is 0 Å². The zero-order chi connectivity index (χ0) is 32.7. The van der Waals surface area contributed by atoms with E-state index < -0.39 is 6.04 Å². The van der Waals surface area contributed by atoms with Crippen LogP contribution in [0.4, 0.5) is 0 Å². The molecule has 4 rings (SSSR count). The summed E-state index contributed by atoms with van der Waals surface area (Å²) in [6, 6.07) is 22.1. The van der Waals surface area contributed by atoms with Gasteiger partial charge in [-0.2, -0.15) is 11.8 Å². The van der Waals surface area contributed by atoms with Crippen LogP contribution in [0.5, 0.6) is 0 Å². The first-order valence-electron chi connectivity index (χ1n) is 17.4. The normalized spacial score (nSPS) is 14.3. The lowest BCUT2D eigenvalue weighted by atomic mass is 9.87. The molecular formula is C40H55N3O2S. The lowest BCUT2D eigenvalue weighted by Gasteiger charge is -2.27. The molecule has 2 amide bonds. The summed E-state index contributed by atoms with van der Waals surface area (Å²) >= 11 is 1.68. The second-order valence-electron chi connectivity index (χ2n) is 13.1. The van der Waals surface area contributed by atoms with Crippen LogP contribution in [0.3, 0.4) is 0 Å². The Morgan fingerprint density at radius 1 is 0.913 bits per heavy atom. The SMILES string of the molecule is CCCCN(CCC1CCCCC1)Cc1ccc(C(=O)N[C@@H](CCSC)C(=O)NCc2ccc(C)cc2)c(-c2ccccc2C)c1. The first kappa shape index (κ1) is 35.8. The van der Waals surface area contributed by atoms with Gasteiger partial charge in [-0.05, 0) is 104 Å². The lowest BCUT2D eigenvalue weighted by Crippen LogP contribution is -2.47. The van der Waals surface area contributed by atoms with Gasteiger partial charge in [0, 0.05) is 18.7 Å². The van der Waals surface area contributed by atoms with Gasteiger partial charge < -0.3 is 10.6 Å². The van der Waals surface area contributed by atoms with Crippen molar-refractivity contribution in [2.24, 2.45) is 5.92 Å². The van der Waals surface area contributed by atoms with E-state index >= 15 is 0 Å². The molecule has 0 aromatic heterocycles.